The lowest BCUT2D eigenvalue weighted by Crippen LogP contribution is -2.35. The maximum absolute atomic E-state index is 12.4. The summed E-state index contributed by atoms with van der Waals surface area (Å²) >= 11 is 5.87. The number of nitro groups is 1. The number of anilines is 2. The average Bonchev–Trinajstić information content (AvgIpc) is 3.07. The normalized spacial score (nSPS) is 16.1. The fraction of sp³-hybridized carbons (Fsp3) is 0.263. The summed E-state index contributed by atoms with van der Waals surface area (Å²) < 4.78 is 0. The van der Waals surface area contributed by atoms with Gasteiger partial charge >= 0.3 is 0 Å². The minimum Gasteiger partial charge on any atom is -0.378 e. The Morgan fingerprint density at radius 3 is 2.61 bits per heavy atom. The van der Waals surface area contributed by atoms with Crippen LogP contribution in [0.1, 0.15) is 6.42 Å². The third kappa shape index (κ3) is 4.58. The number of benzene rings is 2. The number of hydrogen-bond acceptors (Lipinski definition) is 5. The van der Waals surface area contributed by atoms with Crippen molar-refractivity contribution in [2.45, 2.75) is 6.42 Å². The molecule has 0 aliphatic carbocycles. The van der Waals surface area contributed by atoms with Crippen LogP contribution in [0, 0.1) is 16.0 Å². The molecule has 0 radical (unpaired) electrons. The van der Waals surface area contributed by atoms with Crippen molar-refractivity contribution in [2.24, 2.45) is 5.92 Å². The van der Waals surface area contributed by atoms with Crippen LogP contribution in [0.15, 0.2) is 48.5 Å². The van der Waals surface area contributed by atoms with Gasteiger partial charge in [-0.05, 0) is 30.3 Å². The molecule has 2 amide bonds. The zero-order valence-electron chi connectivity index (χ0n) is 14.9. The molecule has 28 heavy (non-hydrogen) atoms. The van der Waals surface area contributed by atoms with E-state index in [-0.39, 0.29) is 30.5 Å². The lowest BCUT2D eigenvalue weighted by Gasteiger charge is -2.17. The van der Waals surface area contributed by atoms with Gasteiger partial charge in [0.2, 0.25) is 11.8 Å². The summed E-state index contributed by atoms with van der Waals surface area (Å²) in [5.41, 5.74) is 1.09. The van der Waals surface area contributed by atoms with E-state index in [4.69, 9.17) is 11.6 Å². The van der Waals surface area contributed by atoms with Gasteiger partial charge in [0.25, 0.3) is 5.69 Å². The van der Waals surface area contributed by atoms with Gasteiger partial charge in [0.15, 0.2) is 0 Å². The van der Waals surface area contributed by atoms with Crippen molar-refractivity contribution in [3.63, 3.8) is 0 Å². The summed E-state index contributed by atoms with van der Waals surface area (Å²) in [4.78, 5) is 36.7. The van der Waals surface area contributed by atoms with E-state index < -0.39 is 10.8 Å². The number of amides is 2. The Morgan fingerprint density at radius 2 is 1.89 bits per heavy atom. The fourth-order valence-electron chi connectivity index (χ4n) is 3.06. The molecule has 1 aliphatic rings. The van der Waals surface area contributed by atoms with Crippen LogP contribution < -0.4 is 15.5 Å². The molecule has 1 aliphatic heterocycles. The molecule has 0 aromatic heterocycles. The molecule has 2 N–H and O–H groups in total. The zero-order valence-corrected chi connectivity index (χ0v) is 15.7. The number of rotatable bonds is 7. The lowest BCUT2D eigenvalue weighted by molar-refractivity contribution is -0.384. The van der Waals surface area contributed by atoms with Gasteiger partial charge in [-0.1, -0.05) is 23.7 Å². The van der Waals surface area contributed by atoms with Crippen molar-refractivity contribution in [1.29, 1.82) is 0 Å². The highest BCUT2D eigenvalue weighted by molar-refractivity contribution is 6.30. The van der Waals surface area contributed by atoms with Crippen molar-refractivity contribution in [1.82, 2.24) is 5.32 Å². The van der Waals surface area contributed by atoms with Gasteiger partial charge in [-0.15, -0.1) is 0 Å². The molecule has 1 fully saturated rings. The van der Waals surface area contributed by atoms with E-state index in [0.29, 0.717) is 29.5 Å². The molecular weight excluding hydrogens is 384 g/mol. The molecule has 2 aromatic carbocycles. The molecule has 8 nitrogen and oxygen atoms in total. The fourth-order valence-corrected chi connectivity index (χ4v) is 3.19. The van der Waals surface area contributed by atoms with E-state index in [0.717, 1.165) is 0 Å². The highest BCUT2D eigenvalue weighted by Crippen LogP contribution is 2.26. The van der Waals surface area contributed by atoms with Crippen LogP contribution in [0.4, 0.5) is 17.1 Å². The van der Waals surface area contributed by atoms with Crippen LogP contribution >= 0.6 is 11.6 Å². The van der Waals surface area contributed by atoms with E-state index >= 15 is 0 Å². The highest BCUT2D eigenvalue weighted by Gasteiger charge is 2.34. The molecule has 1 unspecified atom stereocenters. The molecule has 0 bridgehead atoms. The first kappa shape index (κ1) is 19.6. The van der Waals surface area contributed by atoms with Gasteiger partial charge in [-0.3, -0.25) is 19.7 Å². The van der Waals surface area contributed by atoms with Gasteiger partial charge in [-0.2, -0.15) is 0 Å². The maximum atomic E-state index is 12.4. The summed E-state index contributed by atoms with van der Waals surface area (Å²) in [6, 6.07) is 13.2. The number of nitrogens with zero attached hydrogens (tertiary/aromatic N) is 2. The summed E-state index contributed by atoms with van der Waals surface area (Å²) in [6.07, 6.45) is 0.145. The average molecular weight is 403 g/mol. The van der Waals surface area contributed by atoms with Crippen molar-refractivity contribution < 1.29 is 14.5 Å². The first-order chi connectivity index (χ1) is 13.5. The van der Waals surface area contributed by atoms with E-state index in [1.807, 2.05) is 0 Å². The molecular formula is C19H19ClN4O4. The van der Waals surface area contributed by atoms with Gasteiger partial charge < -0.3 is 15.5 Å². The van der Waals surface area contributed by atoms with E-state index in [2.05, 4.69) is 10.6 Å². The monoisotopic (exact) mass is 402 g/mol. The predicted molar refractivity (Wildman–Crippen MR) is 107 cm³/mol. The summed E-state index contributed by atoms with van der Waals surface area (Å²) in [5, 5.41) is 17.3. The molecule has 146 valence electrons. The standard InChI is InChI=1S/C19H19ClN4O4/c20-14-5-7-15(8-6-14)23-12-13(11-18(23)25)19(26)22-10-9-21-16-3-1-2-4-17(16)24(27)28/h1-8,13,21H,9-12H2,(H,22,26). The van der Waals surface area contributed by atoms with Crippen LogP contribution in [0.5, 0.6) is 0 Å². The summed E-state index contributed by atoms with van der Waals surface area (Å²) in [7, 11) is 0. The van der Waals surface area contributed by atoms with Crippen LogP contribution in [0.3, 0.4) is 0 Å². The van der Waals surface area contributed by atoms with Crippen molar-refractivity contribution in [3.8, 4) is 0 Å². The third-order valence-electron chi connectivity index (χ3n) is 4.47. The second-order valence-electron chi connectivity index (χ2n) is 6.37. The van der Waals surface area contributed by atoms with Crippen molar-refractivity contribution in [3.05, 3.63) is 63.7 Å². The first-order valence-corrected chi connectivity index (χ1v) is 9.14. The second-order valence-corrected chi connectivity index (χ2v) is 6.81. The molecule has 3 rings (SSSR count). The smallest absolute Gasteiger partial charge is 0.292 e. The molecule has 1 atom stereocenters. The minimum absolute atomic E-state index is 0.0196. The maximum Gasteiger partial charge on any atom is 0.292 e. The van der Waals surface area contributed by atoms with Crippen LogP contribution in [0.25, 0.3) is 0 Å². The van der Waals surface area contributed by atoms with Crippen molar-refractivity contribution in [2.75, 3.05) is 29.9 Å². The van der Waals surface area contributed by atoms with E-state index in [1.54, 1.807) is 47.4 Å². The second kappa shape index (κ2) is 8.71. The Labute approximate surface area is 166 Å². The molecule has 0 spiro atoms. The summed E-state index contributed by atoms with van der Waals surface area (Å²) in [5.74, 6) is -0.760. The van der Waals surface area contributed by atoms with Gasteiger partial charge in [0.1, 0.15) is 5.69 Å². The minimum atomic E-state index is -0.462. The molecule has 2 aromatic rings. The van der Waals surface area contributed by atoms with Gasteiger partial charge in [-0.25, -0.2) is 0 Å². The van der Waals surface area contributed by atoms with Crippen LogP contribution in [-0.4, -0.2) is 36.4 Å². The molecule has 0 saturated carbocycles. The SMILES string of the molecule is O=C(NCCNc1ccccc1[N+](=O)[O-])C1CC(=O)N(c2ccc(Cl)cc2)C1. The Bertz CT molecular complexity index is 888. The van der Waals surface area contributed by atoms with E-state index in [1.165, 1.54) is 6.07 Å². The number of halogens is 1. The number of carbonyl (C=O) groups is 2. The van der Waals surface area contributed by atoms with Crippen LogP contribution in [0.2, 0.25) is 5.02 Å². The first-order valence-electron chi connectivity index (χ1n) is 8.76. The molecule has 9 heteroatoms. The van der Waals surface area contributed by atoms with Gasteiger partial charge in [0, 0.05) is 42.8 Å². The lowest BCUT2D eigenvalue weighted by atomic mass is 10.1. The number of hydrogen-bond donors (Lipinski definition) is 2. The Hall–Kier alpha value is -3.13. The Morgan fingerprint density at radius 1 is 1.18 bits per heavy atom. The van der Waals surface area contributed by atoms with E-state index in [9.17, 15) is 19.7 Å². The number of nitro benzene ring substituents is 1. The van der Waals surface area contributed by atoms with Crippen molar-refractivity contribution >= 4 is 40.5 Å². The quantitative estimate of drug-likeness (QED) is 0.421. The predicted octanol–water partition coefficient (Wildman–Crippen LogP) is 2.83. The zero-order chi connectivity index (χ0) is 20.1. The third-order valence-corrected chi connectivity index (χ3v) is 4.73. The van der Waals surface area contributed by atoms with Gasteiger partial charge in [0.05, 0.1) is 10.8 Å². The Kier molecular flexibility index (Phi) is 6.10. The topological polar surface area (TPSA) is 105 Å². The highest BCUT2D eigenvalue weighted by atomic mass is 35.5. The largest absolute Gasteiger partial charge is 0.378 e. The number of nitrogens with one attached hydrogen (secondary N) is 2. The number of carbonyl (C=O) groups excluding carboxylic acids is 2. The molecule has 1 heterocycles. The number of para-hydroxylation sites is 2. The summed E-state index contributed by atoms with van der Waals surface area (Å²) in [6.45, 7) is 0.929. The Balaban J connectivity index is 1.49. The molecule has 1 saturated heterocycles. The van der Waals surface area contributed by atoms with Crippen LogP contribution in [-0.2, 0) is 9.59 Å².